The first kappa shape index (κ1) is 17.4. The average Bonchev–Trinajstić information content (AvgIpc) is 2.48. The van der Waals surface area contributed by atoms with Crippen molar-refractivity contribution in [2.24, 2.45) is 0 Å². The molecule has 0 aliphatic heterocycles. The number of allylic oxidation sites excluding steroid dienone is 1. The van der Waals surface area contributed by atoms with Crippen molar-refractivity contribution in [2.75, 3.05) is 20.3 Å². The van der Waals surface area contributed by atoms with Crippen molar-refractivity contribution in [1.29, 1.82) is 0 Å². The van der Waals surface area contributed by atoms with Crippen LogP contribution in [0.2, 0.25) is 0 Å². The molecule has 0 aliphatic rings. The molecule has 4 heteroatoms. The molecule has 0 amide bonds. The Morgan fingerprint density at radius 3 is 2.62 bits per heavy atom. The summed E-state index contributed by atoms with van der Waals surface area (Å²) < 4.78 is 10.6. The first-order valence-corrected chi connectivity index (χ1v) is 6.98. The number of aliphatic hydroxyl groups is 2. The van der Waals surface area contributed by atoms with Crippen LogP contribution in [-0.2, 0) is 11.3 Å². The molecule has 0 aliphatic carbocycles. The molecule has 0 radical (unpaired) electrons. The molecule has 21 heavy (non-hydrogen) atoms. The van der Waals surface area contributed by atoms with Crippen molar-refractivity contribution < 1.29 is 19.7 Å². The van der Waals surface area contributed by atoms with Gasteiger partial charge in [0.05, 0.1) is 33.0 Å². The van der Waals surface area contributed by atoms with Gasteiger partial charge in [-0.1, -0.05) is 29.9 Å². The van der Waals surface area contributed by atoms with Gasteiger partial charge in [-0.25, -0.2) is 0 Å². The Labute approximate surface area is 126 Å². The van der Waals surface area contributed by atoms with Crippen molar-refractivity contribution in [1.82, 2.24) is 0 Å². The van der Waals surface area contributed by atoms with Gasteiger partial charge in [0, 0.05) is 0 Å². The van der Waals surface area contributed by atoms with Crippen LogP contribution >= 0.6 is 0 Å². The van der Waals surface area contributed by atoms with E-state index in [4.69, 9.17) is 14.6 Å². The van der Waals surface area contributed by atoms with Crippen LogP contribution in [0.5, 0.6) is 5.75 Å². The monoisotopic (exact) mass is 292 g/mol. The smallest absolute Gasteiger partial charge is 0.118 e. The van der Waals surface area contributed by atoms with Gasteiger partial charge in [-0.2, -0.15) is 0 Å². The van der Waals surface area contributed by atoms with Crippen LogP contribution in [0.1, 0.15) is 18.4 Å². The van der Waals surface area contributed by atoms with Crippen molar-refractivity contribution in [3.8, 4) is 5.75 Å². The molecule has 0 spiro atoms. The lowest BCUT2D eigenvalue weighted by atomic mass is 10.1. The van der Waals surface area contributed by atoms with Crippen LogP contribution in [0, 0.1) is 0 Å². The van der Waals surface area contributed by atoms with Gasteiger partial charge in [0.25, 0.3) is 0 Å². The van der Waals surface area contributed by atoms with Crippen molar-refractivity contribution in [3.05, 3.63) is 54.1 Å². The number of hydrogen-bond acceptors (Lipinski definition) is 4. The van der Waals surface area contributed by atoms with Crippen LogP contribution in [0.4, 0.5) is 0 Å². The summed E-state index contributed by atoms with van der Waals surface area (Å²) in [5.74, 6) is 0.807. The quantitative estimate of drug-likeness (QED) is 0.650. The summed E-state index contributed by atoms with van der Waals surface area (Å²) in [6.45, 7) is 4.34. The van der Waals surface area contributed by atoms with Crippen LogP contribution in [0.25, 0.3) is 0 Å². The topological polar surface area (TPSA) is 58.9 Å². The Kier molecular flexibility index (Phi) is 8.43. The zero-order chi connectivity index (χ0) is 15.5. The molecule has 1 rings (SSSR count). The van der Waals surface area contributed by atoms with Gasteiger partial charge in [-0.15, -0.1) is 6.58 Å². The molecule has 0 saturated heterocycles. The summed E-state index contributed by atoms with van der Waals surface area (Å²) in [4.78, 5) is 0. The van der Waals surface area contributed by atoms with Gasteiger partial charge in [-0.05, 0) is 30.5 Å². The molecule has 2 N–H and O–H groups in total. The lowest BCUT2D eigenvalue weighted by Gasteiger charge is -2.13. The molecule has 1 aromatic carbocycles. The van der Waals surface area contributed by atoms with E-state index in [1.54, 1.807) is 19.3 Å². The molecule has 1 atom stereocenters. The number of benzene rings is 1. The minimum atomic E-state index is -0.582. The zero-order valence-electron chi connectivity index (χ0n) is 12.5. The van der Waals surface area contributed by atoms with E-state index < -0.39 is 6.10 Å². The minimum Gasteiger partial charge on any atom is -0.497 e. The first-order valence-electron chi connectivity index (χ1n) is 6.98. The summed E-state index contributed by atoms with van der Waals surface area (Å²) >= 11 is 0. The molecule has 116 valence electrons. The highest BCUT2D eigenvalue weighted by Gasteiger charge is 2.07. The fraction of sp³-hybridized carbons (Fsp3) is 0.412. The molecule has 4 nitrogen and oxygen atoms in total. The Morgan fingerprint density at radius 2 is 2.05 bits per heavy atom. The Bertz CT molecular complexity index is 437. The highest BCUT2D eigenvalue weighted by Crippen LogP contribution is 2.14. The largest absolute Gasteiger partial charge is 0.497 e. The summed E-state index contributed by atoms with van der Waals surface area (Å²) in [6, 6.07) is 7.61. The third kappa shape index (κ3) is 7.09. The third-order valence-corrected chi connectivity index (χ3v) is 3.02. The fourth-order valence-electron chi connectivity index (χ4n) is 1.96. The fourth-order valence-corrected chi connectivity index (χ4v) is 1.96. The molecule has 0 bridgehead atoms. The molecule has 0 unspecified atom stereocenters. The third-order valence-electron chi connectivity index (χ3n) is 3.02. The van der Waals surface area contributed by atoms with Gasteiger partial charge < -0.3 is 19.7 Å². The van der Waals surface area contributed by atoms with Gasteiger partial charge in [0.1, 0.15) is 5.75 Å². The van der Waals surface area contributed by atoms with Crippen LogP contribution in [0.3, 0.4) is 0 Å². The SMILES string of the molecule is C=CC/C(=C/CO)C[C@@H](O)COCc1ccc(OC)cc1. The summed E-state index contributed by atoms with van der Waals surface area (Å²) in [7, 11) is 1.63. The minimum absolute atomic E-state index is 0.0252. The van der Waals surface area contributed by atoms with E-state index in [1.165, 1.54) is 0 Å². The summed E-state index contributed by atoms with van der Waals surface area (Å²) in [6.07, 6.45) is 4.02. The van der Waals surface area contributed by atoms with E-state index in [0.717, 1.165) is 16.9 Å². The lowest BCUT2D eigenvalue weighted by Crippen LogP contribution is -2.16. The number of hydrogen-bond donors (Lipinski definition) is 2. The van der Waals surface area contributed by atoms with Crippen molar-refractivity contribution >= 4 is 0 Å². The number of methoxy groups -OCH3 is 1. The van der Waals surface area contributed by atoms with Gasteiger partial charge in [-0.3, -0.25) is 0 Å². The average molecular weight is 292 g/mol. The highest BCUT2D eigenvalue weighted by molar-refractivity contribution is 5.26. The maximum Gasteiger partial charge on any atom is 0.118 e. The molecule has 1 aromatic rings. The van der Waals surface area contributed by atoms with Crippen LogP contribution in [0.15, 0.2) is 48.6 Å². The Hall–Kier alpha value is -1.62. The number of aliphatic hydroxyl groups excluding tert-OH is 2. The lowest BCUT2D eigenvalue weighted by molar-refractivity contribution is 0.0286. The van der Waals surface area contributed by atoms with Crippen molar-refractivity contribution in [2.45, 2.75) is 25.6 Å². The Balaban J connectivity index is 2.33. The van der Waals surface area contributed by atoms with Gasteiger partial charge in [0.15, 0.2) is 0 Å². The van der Waals surface area contributed by atoms with Crippen molar-refractivity contribution in [3.63, 3.8) is 0 Å². The number of ether oxygens (including phenoxy) is 2. The molecule has 0 aromatic heterocycles. The summed E-state index contributed by atoms with van der Waals surface area (Å²) in [5, 5.41) is 18.8. The van der Waals surface area contributed by atoms with E-state index in [0.29, 0.717) is 19.4 Å². The molecule has 0 fully saturated rings. The Morgan fingerprint density at radius 1 is 1.33 bits per heavy atom. The molecule has 0 heterocycles. The second kappa shape index (κ2) is 10.2. The van der Waals surface area contributed by atoms with E-state index in [9.17, 15) is 5.11 Å². The van der Waals surface area contributed by atoms with Gasteiger partial charge >= 0.3 is 0 Å². The second-order valence-electron chi connectivity index (χ2n) is 4.76. The van der Waals surface area contributed by atoms with Gasteiger partial charge in [0.2, 0.25) is 0 Å². The van der Waals surface area contributed by atoms with E-state index >= 15 is 0 Å². The maximum atomic E-state index is 9.93. The molecule has 0 saturated carbocycles. The maximum absolute atomic E-state index is 9.93. The zero-order valence-corrected chi connectivity index (χ0v) is 12.5. The molecular weight excluding hydrogens is 268 g/mol. The predicted molar refractivity (Wildman–Crippen MR) is 83.3 cm³/mol. The standard InChI is InChI=1S/C17H24O4/c1-3-4-14(9-10-18)11-16(19)13-21-12-15-5-7-17(20-2)8-6-15/h3,5-9,16,18-19H,1,4,10-13H2,2H3/b14-9-/t16-/m1/s1. The van der Waals surface area contributed by atoms with Crippen LogP contribution < -0.4 is 4.74 Å². The first-order chi connectivity index (χ1) is 10.2. The number of rotatable bonds is 10. The van der Waals surface area contributed by atoms with E-state index in [-0.39, 0.29) is 13.2 Å². The second-order valence-corrected chi connectivity index (χ2v) is 4.76. The molecular formula is C17H24O4. The normalized spacial score (nSPS) is 13.0. The highest BCUT2D eigenvalue weighted by atomic mass is 16.5. The van der Waals surface area contributed by atoms with E-state index in [1.807, 2.05) is 24.3 Å². The predicted octanol–water partition coefficient (Wildman–Crippen LogP) is 2.46. The van der Waals surface area contributed by atoms with E-state index in [2.05, 4.69) is 6.58 Å². The van der Waals surface area contributed by atoms with Crippen LogP contribution in [-0.4, -0.2) is 36.6 Å². The summed E-state index contributed by atoms with van der Waals surface area (Å²) in [5.41, 5.74) is 1.99.